The fraction of sp³-hybridized carbons (Fsp3) is 0.238. The highest BCUT2D eigenvalue weighted by Gasteiger charge is 2.00. The minimum absolute atomic E-state index is 0. The number of hydrogen-bond donors (Lipinski definition) is 2. The first kappa shape index (κ1) is 23.0. The SMILES string of the molecule is C=C(N)/C=C\C(CC)=C(/C)c1ccc(C)cc1.C=C/C=C\C.N. The van der Waals surface area contributed by atoms with Gasteiger partial charge in [-0.3, -0.25) is 0 Å². The minimum Gasteiger partial charge on any atom is -0.399 e. The molecule has 0 aliphatic heterocycles. The smallest absolute Gasteiger partial charge is 0.0241 e. The van der Waals surface area contributed by atoms with Gasteiger partial charge in [0, 0.05) is 5.70 Å². The van der Waals surface area contributed by atoms with Gasteiger partial charge in [0.15, 0.2) is 0 Å². The summed E-state index contributed by atoms with van der Waals surface area (Å²) in [6.45, 7) is 15.5. The molecule has 0 amide bonds. The Hall–Kier alpha value is -2.32. The summed E-state index contributed by atoms with van der Waals surface area (Å²) in [5, 5.41) is 0. The molecular formula is C21H32N2. The van der Waals surface area contributed by atoms with E-state index in [-0.39, 0.29) is 6.15 Å². The molecule has 1 rings (SSSR count). The molecule has 0 saturated carbocycles. The summed E-state index contributed by atoms with van der Waals surface area (Å²) in [6.07, 6.45) is 10.5. The average Bonchev–Trinajstić information content (AvgIpc) is 2.49. The Labute approximate surface area is 142 Å². The molecule has 0 bridgehead atoms. The van der Waals surface area contributed by atoms with Crippen molar-refractivity contribution in [2.24, 2.45) is 5.73 Å². The van der Waals surface area contributed by atoms with E-state index in [4.69, 9.17) is 5.73 Å². The van der Waals surface area contributed by atoms with Crippen LogP contribution in [0.25, 0.3) is 5.57 Å². The van der Waals surface area contributed by atoms with Crippen LogP contribution in [-0.4, -0.2) is 0 Å². The van der Waals surface area contributed by atoms with Gasteiger partial charge in [0.25, 0.3) is 0 Å². The van der Waals surface area contributed by atoms with E-state index < -0.39 is 0 Å². The lowest BCUT2D eigenvalue weighted by Gasteiger charge is -2.07. The number of nitrogens with two attached hydrogens (primary N) is 1. The van der Waals surface area contributed by atoms with Gasteiger partial charge < -0.3 is 11.9 Å². The maximum absolute atomic E-state index is 5.55. The maximum Gasteiger partial charge on any atom is 0.0241 e. The fourth-order valence-corrected chi connectivity index (χ4v) is 1.84. The van der Waals surface area contributed by atoms with Gasteiger partial charge in [0.1, 0.15) is 0 Å². The second-order valence-corrected chi connectivity index (χ2v) is 5.04. The normalized spacial score (nSPS) is 11.3. The van der Waals surface area contributed by atoms with Crippen LogP contribution in [0, 0.1) is 6.92 Å². The highest BCUT2D eigenvalue weighted by molar-refractivity contribution is 5.69. The van der Waals surface area contributed by atoms with Crippen molar-refractivity contribution in [1.29, 1.82) is 0 Å². The predicted octanol–water partition coefficient (Wildman–Crippen LogP) is 6.12. The fourth-order valence-electron chi connectivity index (χ4n) is 1.84. The molecule has 0 fully saturated rings. The largest absolute Gasteiger partial charge is 0.399 e. The molecule has 0 aliphatic rings. The summed E-state index contributed by atoms with van der Waals surface area (Å²) in [4.78, 5) is 0. The molecule has 0 spiro atoms. The average molecular weight is 313 g/mol. The minimum atomic E-state index is 0. The van der Waals surface area contributed by atoms with Crippen molar-refractivity contribution < 1.29 is 0 Å². The highest BCUT2D eigenvalue weighted by atomic mass is 14.5. The molecule has 126 valence electrons. The molecule has 0 aromatic heterocycles. The van der Waals surface area contributed by atoms with Crippen molar-refractivity contribution in [2.75, 3.05) is 0 Å². The second kappa shape index (κ2) is 13.4. The van der Waals surface area contributed by atoms with Crippen LogP contribution in [0.3, 0.4) is 0 Å². The Morgan fingerprint density at radius 2 is 1.74 bits per heavy atom. The third-order valence-corrected chi connectivity index (χ3v) is 3.17. The lowest BCUT2D eigenvalue weighted by atomic mass is 9.98. The van der Waals surface area contributed by atoms with Crippen LogP contribution in [0.1, 0.15) is 38.3 Å². The number of aryl methyl sites for hydroxylation is 1. The van der Waals surface area contributed by atoms with Crippen LogP contribution < -0.4 is 11.9 Å². The van der Waals surface area contributed by atoms with Crippen molar-refractivity contribution in [3.05, 3.63) is 90.2 Å². The first-order valence-electron chi connectivity index (χ1n) is 7.59. The zero-order valence-corrected chi connectivity index (χ0v) is 15.1. The number of rotatable bonds is 5. The Bertz CT molecular complexity index is 558. The van der Waals surface area contributed by atoms with Gasteiger partial charge in [-0.25, -0.2) is 0 Å². The van der Waals surface area contributed by atoms with Crippen LogP contribution in [0.2, 0.25) is 0 Å². The maximum atomic E-state index is 5.55. The van der Waals surface area contributed by atoms with Crippen molar-refractivity contribution in [3.8, 4) is 0 Å². The Morgan fingerprint density at radius 3 is 2.09 bits per heavy atom. The molecule has 0 radical (unpaired) electrons. The van der Waals surface area contributed by atoms with Gasteiger partial charge in [-0.05, 0) is 50.0 Å². The summed E-state index contributed by atoms with van der Waals surface area (Å²) in [6, 6.07) is 8.59. The van der Waals surface area contributed by atoms with Gasteiger partial charge in [-0.1, -0.05) is 74.2 Å². The Balaban J connectivity index is 0. The van der Waals surface area contributed by atoms with E-state index in [1.807, 2.05) is 25.2 Å². The van der Waals surface area contributed by atoms with Crippen molar-refractivity contribution in [3.63, 3.8) is 0 Å². The van der Waals surface area contributed by atoms with Crippen LogP contribution in [-0.2, 0) is 0 Å². The predicted molar refractivity (Wildman–Crippen MR) is 107 cm³/mol. The standard InChI is InChI=1S/C16H21N.C5H8.H3N/c1-5-15(11-8-13(3)17)14(4)16-9-6-12(2)7-10-16;1-3-5-4-2;/h6-11H,3,5,17H2,1-2,4H3;3-5H,1H2,2H3;1H3/b11-8-,15-14+;5-4-;. The molecule has 2 heteroatoms. The molecule has 1 aromatic rings. The molecule has 0 atom stereocenters. The van der Waals surface area contributed by atoms with Crippen molar-refractivity contribution in [2.45, 2.75) is 34.1 Å². The van der Waals surface area contributed by atoms with E-state index in [9.17, 15) is 0 Å². The van der Waals surface area contributed by atoms with Gasteiger partial charge in [-0.2, -0.15) is 0 Å². The molecule has 23 heavy (non-hydrogen) atoms. The molecule has 2 nitrogen and oxygen atoms in total. The van der Waals surface area contributed by atoms with Crippen molar-refractivity contribution >= 4 is 5.57 Å². The molecular weight excluding hydrogens is 280 g/mol. The number of allylic oxidation sites excluding steroid dienone is 7. The van der Waals surface area contributed by atoms with Crippen molar-refractivity contribution in [1.82, 2.24) is 6.15 Å². The first-order valence-corrected chi connectivity index (χ1v) is 7.59. The van der Waals surface area contributed by atoms with Crippen LogP contribution >= 0.6 is 0 Å². The zero-order chi connectivity index (χ0) is 17.0. The lowest BCUT2D eigenvalue weighted by Crippen LogP contribution is -1.90. The number of benzene rings is 1. The summed E-state index contributed by atoms with van der Waals surface area (Å²) in [5.74, 6) is 0. The van der Waals surface area contributed by atoms with E-state index in [2.05, 4.69) is 64.3 Å². The molecule has 0 aliphatic carbocycles. The van der Waals surface area contributed by atoms with E-state index in [0.717, 1.165) is 6.42 Å². The second-order valence-electron chi connectivity index (χ2n) is 5.04. The Kier molecular flexibility index (Phi) is 13.3. The van der Waals surface area contributed by atoms with Gasteiger partial charge in [0.2, 0.25) is 0 Å². The highest BCUT2D eigenvalue weighted by Crippen LogP contribution is 2.21. The Morgan fingerprint density at radius 1 is 1.17 bits per heavy atom. The molecule has 0 heterocycles. The van der Waals surface area contributed by atoms with Gasteiger partial charge >= 0.3 is 0 Å². The van der Waals surface area contributed by atoms with Crippen LogP contribution in [0.4, 0.5) is 0 Å². The molecule has 1 aromatic carbocycles. The first-order chi connectivity index (χ1) is 10.5. The topological polar surface area (TPSA) is 61.0 Å². The summed E-state index contributed by atoms with van der Waals surface area (Å²) in [7, 11) is 0. The molecule has 0 saturated heterocycles. The monoisotopic (exact) mass is 312 g/mol. The van der Waals surface area contributed by atoms with Crippen LogP contribution in [0.5, 0.6) is 0 Å². The van der Waals surface area contributed by atoms with E-state index in [1.54, 1.807) is 6.08 Å². The van der Waals surface area contributed by atoms with Gasteiger partial charge in [0.05, 0.1) is 0 Å². The molecule has 0 unspecified atom stereocenters. The van der Waals surface area contributed by atoms with E-state index in [0.29, 0.717) is 5.70 Å². The summed E-state index contributed by atoms with van der Waals surface area (Å²) < 4.78 is 0. The summed E-state index contributed by atoms with van der Waals surface area (Å²) >= 11 is 0. The lowest BCUT2D eigenvalue weighted by molar-refractivity contribution is 1.14. The zero-order valence-electron chi connectivity index (χ0n) is 15.1. The third kappa shape index (κ3) is 10.1. The van der Waals surface area contributed by atoms with E-state index in [1.165, 1.54) is 22.3 Å². The van der Waals surface area contributed by atoms with Gasteiger partial charge in [-0.15, -0.1) is 0 Å². The molecule has 5 N–H and O–H groups in total. The summed E-state index contributed by atoms with van der Waals surface area (Å²) in [5.41, 5.74) is 11.3. The number of hydrogen-bond acceptors (Lipinski definition) is 2. The van der Waals surface area contributed by atoms with Crippen LogP contribution in [0.15, 0.2) is 79.1 Å². The van der Waals surface area contributed by atoms with E-state index >= 15 is 0 Å². The quantitative estimate of drug-likeness (QED) is 0.643. The third-order valence-electron chi connectivity index (χ3n) is 3.17.